The first-order valence-corrected chi connectivity index (χ1v) is 6.90. The van der Waals surface area contributed by atoms with E-state index in [9.17, 15) is 0 Å². The van der Waals surface area contributed by atoms with E-state index in [1.54, 1.807) is 0 Å². The van der Waals surface area contributed by atoms with Crippen LogP contribution in [0, 0.1) is 0 Å². The Bertz CT molecular complexity index is 166. The van der Waals surface area contributed by atoms with E-state index in [0.717, 1.165) is 19.4 Å². The fourth-order valence-electron chi connectivity index (χ4n) is 1.98. The van der Waals surface area contributed by atoms with E-state index in [-0.39, 0.29) is 0 Å². The first-order chi connectivity index (χ1) is 7.44. The topological polar surface area (TPSA) is 29.3 Å². The predicted octanol–water partition coefficient (Wildman–Crippen LogP) is 3.40. The summed E-state index contributed by atoms with van der Waals surface area (Å²) in [6, 6.07) is 0.384. The van der Waals surface area contributed by atoms with Gasteiger partial charge in [0.25, 0.3) is 0 Å². The smallest absolute Gasteiger partial charge is 0.0150 e. The molecule has 0 saturated carbocycles. The van der Waals surface area contributed by atoms with Gasteiger partial charge in [-0.1, -0.05) is 33.1 Å². The average Bonchev–Trinajstić information content (AvgIpc) is 2.23. The van der Waals surface area contributed by atoms with Crippen molar-refractivity contribution in [3.05, 3.63) is 0 Å². The Morgan fingerprint density at radius 1 is 1.12 bits per heavy atom. The molecule has 0 aliphatic heterocycles. The Labute approximate surface area is 103 Å². The van der Waals surface area contributed by atoms with E-state index < -0.39 is 0 Å². The summed E-state index contributed by atoms with van der Waals surface area (Å²) in [5, 5.41) is 0. The van der Waals surface area contributed by atoms with Gasteiger partial charge >= 0.3 is 0 Å². The third-order valence-electron chi connectivity index (χ3n) is 3.67. The van der Waals surface area contributed by atoms with Crippen molar-refractivity contribution < 1.29 is 0 Å². The van der Waals surface area contributed by atoms with Crippen molar-refractivity contribution in [2.75, 3.05) is 13.6 Å². The van der Waals surface area contributed by atoms with E-state index in [4.69, 9.17) is 5.73 Å². The van der Waals surface area contributed by atoms with E-state index in [1.807, 2.05) is 0 Å². The van der Waals surface area contributed by atoms with Gasteiger partial charge in [0.1, 0.15) is 0 Å². The lowest BCUT2D eigenvalue weighted by molar-refractivity contribution is 0.137. The fourth-order valence-corrected chi connectivity index (χ4v) is 1.98. The molecule has 0 aromatic carbocycles. The number of unbranched alkanes of at least 4 members (excludes halogenated alkanes) is 1. The molecule has 2 heteroatoms. The molecule has 0 rings (SSSR count). The second kappa shape index (κ2) is 8.08. The highest BCUT2D eigenvalue weighted by molar-refractivity contribution is 4.79. The minimum atomic E-state index is 0.321. The summed E-state index contributed by atoms with van der Waals surface area (Å²) in [5.74, 6) is 0. The molecule has 0 radical (unpaired) electrons. The third-order valence-corrected chi connectivity index (χ3v) is 3.67. The molecule has 2 nitrogen and oxygen atoms in total. The standard InChI is InChI=1S/C14H32N2/c1-6-8-11-14(3,4)16(5)12-10-13(15)9-7-2/h13H,6-12,15H2,1-5H3. The zero-order chi connectivity index (χ0) is 12.6. The van der Waals surface area contributed by atoms with Gasteiger partial charge < -0.3 is 10.6 Å². The molecule has 0 bridgehead atoms. The molecule has 2 N–H and O–H groups in total. The van der Waals surface area contributed by atoms with Crippen molar-refractivity contribution in [2.45, 2.75) is 77.8 Å². The molecular weight excluding hydrogens is 196 g/mol. The first-order valence-electron chi connectivity index (χ1n) is 6.90. The van der Waals surface area contributed by atoms with Crippen LogP contribution in [0.3, 0.4) is 0 Å². The highest BCUT2D eigenvalue weighted by Gasteiger charge is 2.22. The molecule has 0 heterocycles. The largest absolute Gasteiger partial charge is 0.328 e. The van der Waals surface area contributed by atoms with Crippen molar-refractivity contribution in [1.29, 1.82) is 0 Å². The van der Waals surface area contributed by atoms with Crippen molar-refractivity contribution in [2.24, 2.45) is 5.73 Å². The summed E-state index contributed by atoms with van der Waals surface area (Å²) in [6.07, 6.45) is 7.36. The van der Waals surface area contributed by atoms with Crippen molar-refractivity contribution in [3.8, 4) is 0 Å². The summed E-state index contributed by atoms with van der Waals surface area (Å²) >= 11 is 0. The quantitative estimate of drug-likeness (QED) is 0.655. The van der Waals surface area contributed by atoms with Crippen molar-refractivity contribution >= 4 is 0 Å². The van der Waals surface area contributed by atoms with E-state index in [1.165, 1.54) is 25.7 Å². The molecule has 0 fully saturated rings. The summed E-state index contributed by atoms with van der Waals surface area (Å²) in [5.41, 5.74) is 6.37. The molecule has 1 atom stereocenters. The molecule has 0 spiro atoms. The SMILES string of the molecule is CCCCC(C)(C)N(C)CCC(N)CCC. The number of nitrogens with two attached hydrogens (primary N) is 1. The Hall–Kier alpha value is -0.0800. The second-order valence-electron chi connectivity index (χ2n) is 5.67. The molecule has 98 valence electrons. The summed E-state index contributed by atoms with van der Waals surface area (Å²) in [4.78, 5) is 2.47. The molecule has 16 heavy (non-hydrogen) atoms. The molecule has 0 aliphatic carbocycles. The van der Waals surface area contributed by atoms with Crippen LogP contribution in [-0.4, -0.2) is 30.1 Å². The van der Waals surface area contributed by atoms with Gasteiger partial charge in [-0.2, -0.15) is 0 Å². The predicted molar refractivity (Wildman–Crippen MR) is 73.7 cm³/mol. The van der Waals surface area contributed by atoms with Crippen LogP contribution in [0.5, 0.6) is 0 Å². The number of hydrogen-bond donors (Lipinski definition) is 1. The number of rotatable bonds is 9. The van der Waals surface area contributed by atoms with E-state index in [2.05, 4.69) is 39.6 Å². The lowest BCUT2D eigenvalue weighted by atomic mass is 9.95. The summed E-state index contributed by atoms with van der Waals surface area (Å²) in [6.45, 7) is 10.3. The molecule has 0 aliphatic rings. The maximum atomic E-state index is 6.05. The van der Waals surface area contributed by atoms with Crippen LogP contribution in [0.25, 0.3) is 0 Å². The molecule has 1 unspecified atom stereocenters. The van der Waals surface area contributed by atoms with Crippen molar-refractivity contribution in [1.82, 2.24) is 4.90 Å². The first kappa shape index (κ1) is 15.9. The minimum Gasteiger partial charge on any atom is -0.328 e. The van der Waals surface area contributed by atoms with Crippen LogP contribution in [0.15, 0.2) is 0 Å². The Kier molecular flexibility index (Phi) is 8.04. The molecule has 0 aromatic heterocycles. The summed E-state index contributed by atoms with van der Waals surface area (Å²) < 4.78 is 0. The van der Waals surface area contributed by atoms with E-state index in [0.29, 0.717) is 11.6 Å². The molecule has 0 aromatic rings. The Morgan fingerprint density at radius 2 is 1.75 bits per heavy atom. The van der Waals surface area contributed by atoms with Gasteiger partial charge in [0.05, 0.1) is 0 Å². The van der Waals surface area contributed by atoms with Gasteiger partial charge in [0.15, 0.2) is 0 Å². The Balaban J connectivity index is 3.89. The zero-order valence-electron chi connectivity index (χ0n) is 12.1. The number of hydrogen-bond acceptors (Lipinski definition) is 2. The van der Waals surface area contributed by atoms with Crippen LogP contribution in [0.2, 0.25) is 0 Å². The summed E-state index contributed by atoms with van der Waals surface area (Å²) in [7, 11) is 2.23. The normalized spacial score (nSPS) is 14.4. The average molecular weight is 228 g/mol. The fraction of sp³-hybridized carbons (Fsp3) is 1.00. The molecule has 0 amide bonds. The maximum absolute atomic E-state index is 6.05. The zero-order valence-corrected chi connectivity index (χ0v) is 12.1. The number of nitrogens with zero attached hydrogens (tertiary/aromatic N) is 1. The van der Waals surface area contributed by atoms with E-state index >= 15 is 0 Å². The highest BCUT2D eigenvalue weighted by Crippen LogP contribution is 2.20. The lowest BCUT2D eigenvalue weighted by Crippen LogP contribution is -2.43. The lowest BCUT2D eigenvalue weighted by Gasteiger charge is -2.36. The van der Waals surface area contributed by atoms with Crippen LogP contribution >= 0.6 is 0 Å². The van der Waals surface area contributed by atoms with Gasteiger partial charge in [-0.05, 0) is 46.7 Å². The van der Waals surface area contributed by atoms with Crippen LogP contribution in [-0.2, 0) is 0 Å². The van der Waals surface area contributed by atoms with Gasteiger partial charge in [0.2, 0.25) is 0 Å². The maximum Gasteiger partial charge on any atom is 0.0150 e. The Morgan fingerprint density at radius 3 is 2.25 bits per heavy atom. The van der Waals surface area contributed by atoms with Crippen LogP contribution in [0.1, 0.15) is 66.2 Å². The van der Waals surface area contributed by atoms with Gasteiger partial charge in [0, 0.05) is 11.6 Å². The van der Waals surface area contributed by atoms with Crippen LogP contribution in [0.4, 0.5) is 0 Å². The third kappa shape index (κ3) is 6.49. The van der Waals surface area contributed by atoms with Gasteiger partial charge in [-0.3, -0.25) is 0 Å². The van der Waals surface area contributed by atoms with Gasteiger partial charge in [-0.25, -0.2) is 0 Å². The molecule has 0 saturated heterocycles. The van der Waals surface area contributed by atoms with Crippen molar-refractivity contribution in [3.63, 3.8) is 0 Å². The second-order valence-corrected chi connectivity index (χ2v) is 5.67. The van der Waals surface area contributed by atoms with Gasteiger partial charge in [-0.15, -0.1) is 0 Å². The monoisotopic (exact) mass is 228 g/mol. The van der Waals surface area contributed by atoms with Crippen LogP contribution < -0.4 is 5.73 Å². The molecular formula is C14H32N2. The highest BCUT2D eigenvalue weighted by atomic mass is 15.2. The minimum absolute atomic E-state index is 0.321.